The fourth-order valence-electron chi connectivity index (χ4n) is 3.78. The molecule has 29 heavy (non-hydrogen) atoms. The van der Waals surface area contributed by atoms with Crippen LogP contribution in [-0.4, -0.2) is 15.5 Å². The number of hydrogen-bond donors (Lipinski definition) is 1. The van der Waals surface area contributed by atoms with E-state index >= 15 is 0 Å². The van der Waals surface area contributed by atoms with Crippen LogP contribution in [0.5, 0.6) is 0 Å². The fraction of sp³-hybridized carbons (Fsp3) is 0.429. The van der Waals surface area contributed by atoms with Crippen molar-refractivity contribution in [2.45, 2.75) is 52.3 Å². The highest BCUT2D eigenvalue weighted by Crippen LogP contribution is 2.43. The van der Waals surface area contributed by atoms with Gasteiger partial charge in [0, 0.05) is 17.5 Å². The molecular formula is C21H22F3N3OS. The van der Waals surface area contributed by atoms with Crippen molar-refractivity contribution in [3.63, 3.8) is 0 Å². The first-order valence-corrected chi connectivity index (χ1v) is 10.4. The van der Waals surface area contributed by atoms with E-state index in [9.17, 15) is 18.0 Å². The zero-order chi connectivity index (χ0) is 20.8. The molecule has 3 aromatic heterocycles. The maximum absolute atomic E-state index is 12.8. The van der Waals surface area contributed by atoms with Crippen molar-refractivity contribution < 1.29 is 18.0 Å². The maximum atomic E-state index is 12.8. The van der Waals surface area contributed by atoms with E-state index in [0.29, 0.717) is 29.2 Å². The maximum Gasteiger partial charge on any atom is 0.425 e. The molecule has 0 bridgehead atoms. The van der Waals surface area contributed by atoms with Crippen molar-refractivity contribution in [1.82, 2.24) is 9.55 Å². The van der Waals surface area contributed by atoms with Crippen LogP contribution >= 0.6 is 11.3 Å². The normalized spacial score (nSPS) is 16.0. The summed E-state index contributed by atoms with van der Waals surface area (Å²) in [6.45, 7) is 4.35. The van der Waals surface area contributed by atoms with Gasteiger partial charge in [-0.15, -0.1) is 11.3 Å². The lowest BCUT2D eigenvalue weighted by Gasteiger charge is -2.37. The summed E-state index contributed by atoms with van der Waals surface area (Å²) in [7, 11) is 0. The Bertz CT molecular complexity index is 1060. The molecule has 1 aliphatic rings. The summed E-state index contributed by atoms with van der Waals surface area (Å²) < 4.78 is 40.3. The lowest BCUT2D eigenvalue weighted by molar-refractivity contribution is -0.134. The Morgan fingerprint density at radius 1 is 1.31 bits per heavy atom. The highest BCUT2D eigenvalue weighted by Gasteiger charge is 2.34. The molecule has 8 heteroatoms. The van der Waals surface area contributed by atoms with E-state index in [0.717, 1.165) is 41.3 Å². The number of aryl methyl sites for hydroxylation is 1. The topological polar surface area (TPSA) is 46.9 Å². The molecule has 0 aromatic carbocycles. The molecule has 0 saturated heterocycles. The van der Waals surface area contributed by atoms with Crippen molar-refractivity contribution in [1.29, 1.82) is 0 Å². The Kier molecular flexibility index (Phi) is 4.93. The van der Waals surface area contributed by atoms with Gasteiger partial charge in [-0.05, 0) is 55.0 Å². The van der Waals surface area contributed by atoms with Crippen LogP contribution in [0.1, 0.15) is 47.9 Å². The van der Waals surface area contributed by atoms with Crippen LogP contribution in [0.4, 0.5) is 19.0 Å². The molecule has 1 N–H and O–H groups in total. The van der Waals surface area contributed by atoms with Crippen LogP contribution in [0, 0.1) is 12.3 Å². The van der Waals surface area contributed by atoms with E-state index in [2.05, 4.69) is 17.2 Å². The van der Waals surface area contributed by atoms with Gasteiger partial charge in [0.25, 0.3) is 0 Å². The Morgan fingerprint density at radius 2 is 2.07 bits per heavy atom. The zero-order valence-electron chi connectivity index (χ0n) is 16.3. The molecule has 1 aliphatic carbocycles. The Balaban J connectivity index is 1.52. The Hall–Kier alpha value is -2.35. The predicted molar refractivity (Wildman–Crippen MR) is 108 cm³/mol. The first kappa shape index (κ1) is 19.9. The van der Waals surface area contributed by atoms with E-state index < -0.39 is 11.1 Å². The van der Waals surface area contributed by atoms with Gasteiger partial charge in [0.05, 0.1) is 17.6 Å². The molecule has 0 unspecified atom stereocenters. The van der Waals surface area contributed by atoms with E-state index in [4.69, 9.17) is 0 Å². The van der Waals surface area contributed by atoms with Crippen LogP contribution in [0.3, 0.4) is 0 Å². The van der Waals surface area contributed by atoms with Gasteiger partial charge in [-0.1, -0.05) is 13.3 Å². The molecule has 0 aliphatic heterocycles. The number of pyridine rings is 1. The molecule has 1 amide bonds. The summed E-state index contributed by atoms with van der Waals surface area (Å²) in [5, 5.41) is 2.92. The number of nitrogens with zero attached hydrogens (tertiary/aromatic N) is 2. The van der Waals surface area contributed by atoms with Crippen LogP contribution in [0.25, 0.3) is 11.0 Å². The molecule has 4 rings (SSSR count). The van der Waals surface area contributed by atoms with Crippen LogP contribution < -0.4 is 5.32 Å². The fourth-order valence-corrected chi connectivity index (χ4v) is 4.65. The summed E-state index contributed by atoms with van der Waals surface area (Å²) in [6, 6.07) is 6.36. The molecular weight excluding hydrogens is 399 g/mol. The Labute approximate surface area is 170 Å². The number of rotatable bonds is 5. The summed E-state index contributed by atoms with van der Waals surface area (Å²) in [5.74, 6) is 0.513. The van der Waals surface area contributed by atoms with E-state index in [1.807, 2.05) is 29.8 Å². The van der Waals surface area contributed by atoms with E-state index in [1.165, 1.54) is 12.5 Å². The number of alkyl halides is 3. The minimum Gasteiger partial charge on any atom is -0.341 e. The quantitative estimate of drug-likeness (QED) is 0.550. The molecule has 3 heterocycles. The van der Waals surface area contributed by atoms with Gasteiger partial charge in [0.1, 0.15) is 10.7 Å². The first-order valence-electron chi connectivity index (χ1n) is 9.55. The van der Waals surface area contributed by atoms with E-state index in [-0.39, 0.29) is 11.3 Å². The number of amides is 1. The highest BCUT2D eigenvalue weighted by atomic mass is 32.1. The predicted octanol–water partition coefficient (Wildman–Crippen LogP) is 5.99. The second-order valence-electron chi connectivity index (χ2n) is 8.15. The van der Waals surface area contributed by atoms with Crippen LogP contribution in [0.15, 0.2) is 30.5 Å². The number of halogens is 3. The van der Waals surface area contributed by atoms with Crippen molar-refractivity contribution in [3.8, 4) is 0 Å². The summed E-state index contributed by atoms with van der Waals surface area (Å²) >= 11 is 0.752. The van der Waals surface area contributed by atoms with Crippen molar-refractivity contribution in [2.75, 3.05) is 5.32 Å². The van der Waals surface area contributed by atoms with Crippen molar-refractivity contribution in [3.05, 3.63) is 45.8 Å². The summed E-state index contributed by atoms with van der Waals surface area (Å²) in [6.07, 6.45) is 1.32. The molecule has 154 valence electrons. The molecule has 0 radical (unpaired) electrons. The number of thiophene rings is 1. The largest absolute Gasteiger partial charge is 0.425 e. The van der Waals surface area contributed by atoms with Gasteiger partial charge < -0.3 is 9.88 Å². The monoisotopic (exact) mass is 421 g/mol. The molecule has 0 spiro atoms. The van der Waals surface area contributed by atoms with Crippen molar-refractivity contribution >= 4 is 34.1 Å². The Morgan fingerprint density at radius 3 is 2.69 bits per heavy atom. The van der Waals surface area contributed by atoms with Gasteiger partial charge in [-0.2, -0.15) is 13.2 Å². The number of anilines is 1. The molecule has 0 atom stereocenters. The number of fused-ring (bicyclic) bond motifs is 1. The number of hydrogen-bond acceptors (Lipinski definition) is 3. The third-order valence-electron chi connectivity index (χ3n) is 5.62. The SMILES string of the molecule is Cc1cc2c(ccn2Cc2ccc(C(F)(F)F)s2)nc1NC(=O)CC1(C)CCC1. The smallest absolute Gasteiger partial charge is 0.341 e. The second-order valence-corrected chi connectivity index (χ2v) is 9.32. The zero-order valence-corrected chi connectivity index (χ0v) is 17.1. The minimum atomic E-state index is -4.32. The van der Waals surface area contributed by atoms with E-state index in [1.54, 1.807) is 0 Å². The van der Waals surface area contributed by atoms with Gasteiger partial charge in [0.2, 0.25) is 5.91 Å². The number of carbonyl (C=O) groups is 1. The third-order valence-corrected chi connectivity index (χ3v) is 6.73. The highest BCUT2D eigenvalue weighted by molar-refractivity contribution is 7.12. The molecule has 1 fully saturated rings. The molecule has 4 nitrogen and oxygen atoms in total. The second kappa shape index (κ2) is 7.16. The number of aromatic nitrogens is 2. The van der Waals surface area contributed by atoms with Crippen molar-refractivity contribution in [2.24, 2.45) is 5.41 Å². The van der Waals surface area contributed by atoms with Crippen LogP contribution in [-0.2, 0) is 17.5 Å². The third kappa shape index (κ3) is 4.17. The lowest BCUT2D eigenvalue weighted by atomic mass is 9.68. The number of nitrogens with one attached hydrogen (secondary N) is 1. The van der Waals surface area contributed by atoms with Gasteiger partial charge >= 0.3 is 6.18 Å². The minimum absolute atomic E-state index is 0.0279. The number of carbonyl (C=O) groups excluding carboxylic acids is 1. The van der Waals surface area contributed by atoms with Gasteiger partial charge in [-0.3, -0.25) is 4.79 Å². The lowest BCUT2D eigenvalue weighted by Crippen LogP contribution is -2.31. The van der Waals surface area contributed by atoms with Gasteiger partial charge in [0.15, 0.2) is 0 Å². The first-order chi connectivity index (χ1) is 13.6. The molecule has 1 saturated carbocycles. The summed E-state index contributed by atoms with van der Waals surface area (Å²) in [4.78, 5) is 17.0. The average Bonchev–Trinajstić information content (AvgIpc) is 3.22. The van der Waals surface area contributed by atoms with Gasteiger partial charge in [-0.25, -0.2) is 4.98 Å². The van der Waals surface area contributed by atoms with Crippen LogP contribution in [0.2, 0.25) is 0 Å². The standard InChI is InChI=1S/C21H22F3N3OS/c1-13-10-16-15(25-19(13)26-18(28)11-20(2)7-3-8-20)6-9-27(16)12-14-4-5-17(29-14)21(22,23)24/h4-6,9-10H,3,7-8,11-12H2,1-2H3,(H,25,26,28). The average molecular weight is 421 g/mol. The molecule has 3 aromatic rings. The summed E-state index contributed by atoms with van der Waals surface area (Å²) in [5.41, 5.74) is 2.45.